The molecular formula is C18H22N2O. The Bertz CT molecular complexity index is 612. The van der Waals surface area contributed by atoms with Gasteiger partial charge in [0.2, 0.25) is 5.91 Å². The molecule has 0 saturated carbocycles. The first-order valence-corrected chi connectivity index (χ1v) is 7.15. The molecule has 2 rings (SSSR count). The highest BCUT2D eigenvalue weighted by Crippen LogP contribution is 2.22. The number of nitrogens with two attached hydrogens (primary N) is 1. The molecule has 110 valence electrons. The minimum Gasteiger partial charge on any atom is -0.324 e. The summed E-state index contributed by atoms with van der Waals surface area (Å²) >= 11 is 0. The predicted octanol–water partition coefficient (Wildman–Crippen LogP) is 3.12. The molecule has 2 aromatic carbocycles. The number of rotatable bonds is 4. The van der Waals surface area contributed by atoms with Crippen LogP contribution in [0.4, 0.5) is 5.69 Å². The smallest absolute Gasteiger partial charge is 0.241 e. The largest absolute Gasteiger partial charge is 0.324 e. The number of amides is 1. The molecule has 0 unspecified atom stereocenters. The lowest BCUT2D eigenvalue weighted by Crippen LogP contribution is -2.37. The number of benzene rings is 2. The summed E-state index contributed by atoms with van der Waals surface area (Å²) < 4.78 is 0. The molecule has 21 heavy (non-hydrogen) atoms. The lowest BCUT2D eigenvalue weighted by Gasteiger charge is -2.16. The molecule has 3 nitrogen and oxygen atoms in total. The van der Waals surface area contributed by atoms with Crippen molar-refractivity contribution in [2.24, 2.45) is 5.73 Å². The Kier molecular flexibility index (Phi) is 4.76. The number of carbonyl (C=O) groups is 1. The van der Waals surface area contributed by atoms with E-state index in [1.54, 1.807) is 0 Å². The molecule has 3 N–H and O–H groups in total. The van der Waals surface area contributed by atoms with Crippen molar-refractivity contribution in [2.45, 2.75) is 33.2 Å². The molecule has 1 atom stereocenters. The van der Waals surface area contributed by atoms with Crippen LogP contribution in [0.3, 0.4) is 0 Å². The summed E-state index contributed by atoms with van der Waals surface area (Å²) in [5.74, 6) is -0.145. The average Bonchev–Trinajstić information content (AvgIpc) is 2.43. The molecule has 0 aliphatic rings. The van der Waals surface area contributed by atoms with E-state index in [9.17, 15) is 4.79 Å². The van der Waals surface area contributed by atoms with Crippen LogP contribution in [0, 0.1) is 20.8 Å². The van der Waals surface area contributed by atoms with Crippen LogP contribution in [-0.4, -0.2) is 11.9 Å². The van der Waals surface area contributed by atoms with Crippen molar-refractivity contribution < 1.29 is 4.79 Å². The molecule has 0 radical (unpaired) electrons. The van der Waals surface area contributed by atoms with Crippen LogP contribution in [-0.2, 0) is 11.2 Å². The molecule has 2 aromatic rings. The zero-order valence-electron chi connectivity index (χ0n) is 12.8. The zero-order chi connectivity index (χ0) is 15.4. The number of nitrogens with one attached hydrogen (secondary N) is 1. The van der Waals surface area contributed by atoms with E-state index in [2.05, 4.69) is 17.4 Å². The lowest BCUT2D eigenvalue weighted by atomic mass is 10.0. The fourth-order valence-corrected chi connectivity index (χ4v) is 2.55. The van der Waals surface area contributed by atoms with Crippen LogP contribution < -0.4 is 11.1 Å². The molecule has 0 aliphatic carbocycles. The maximum Gasteiger partial charge on any atom is 0.241 e. The van der Waals surface area contributed by atoms with E-state index >= 15 is 0 Å². The summed E-state index contributed by atoms with van der Waals surface area (Å²) in [6.07, 6.45) is 0.538. The Hall–Kier alpha value is -2.13. The van der Waals surface area contributed by atoms with Crippen molar-refractivity contribution in [3.63, 3.8) is 0 Å². The molecule has 1 amide bonds. The van der Waals surface area contributed by atoms with Gasteiger partial charge in [-0.1, -0.05) is 48.0 Å². The van der Waals surface area contributed by atoms with E-state index in [0.29, 0.717) is 6.42 Å². The van der Waals surface area contributed by atoms with Gasteiger partial charge < -0.3 is 11.1 Å². The van der Waals surface area contributed by atoms with E-state index < -0.39 is 6.04 Å². The van der Waals surface area contributed by atoms with Crippen molar-refractivity contribution in [2.75, 3.05) is 5.32 Å². The normalized spacial score (nSPS) is 12.0. The number of anilines is 1. The van der Waals surface area contributed by atoms with Gasteiger partial charge >= 0.3 is 0 Å². The SMILES string of the molecule is Cc1cc(C)c(NC(=O)[C@@H](N)Cc2ccccc2)c(C)c1. The van der Waals surface area contributed by atoms with Gasteiger partial charge in [-0.25, -0.2) is 0 Å². The second-order valence-corrected chi connectivity index (χ2v) is 5.56. The molecule has 3 heteroatoms. The van der Waals surface area contributed by atoms with Gasteiger partial charge in [0.1, 0.15) is 0 Å². The van der Waals surface area contributed by atoms with E-state index in [1.807, 2.05) is 51.1 Å². The molecular weight excluding hydrogens is 260 g/mol. The quantitative estimate of drug-likeness (QED) is 0.905. The van der Waals surface area contributed by atoms with E-state index in [1.165, 1.54) is 5.56 Å². The summed E-state index contributed by atoms with van der Waals surface area (Å²) in [6, 6.07) is 13.4. The summed E-state index contributed by atoms with van der Waals surface area (Å²) in [6.45, 7) is 6.05. The molecule has 0 saturated heterocycles. The van der Waals surface area contributed by atoms with Gasteiger partial charge in [0.25, 0.3) is 0 Å². The molecule has 0 fully saturated rings. The van der Waals surface area contributed by atoms with E-state index in [4.69, 9.17) is 5.73 Å². The van der Waals surface area contributed by atoms with Crippen molar-refractivity contribution in [3.8, 4) is 0 Å². The second-order valence-electron chi connectivity index (χ2n) is 5.56. The monoisotopic (exact) mass is 282 g/mol. The minimum absolute atomic E-state index is 0.145. The highest BCUT2D eigenvalue weighted by Gasteiger charge is 2.16. The van der Waals surface area contributed by atoms with Crippen LogP contribution in [0.2, 0.25) is 0 Å². The van der Waals surface area contributed by atoms with Crippen LogP contribution in [0.5, 0.6) is 0 Å². The molecule has 0 spiro atoms. The number of carbonyl (C=O) groups excluding carboxylic acids is 1. The lowest BCUT2D eigenvalue weighted by molar-refractivity contribution is -0.117. The maximum atomic E-state index is 12.3. The van der Waals surface area contributed by atoms with Gasteiger partial charge in [-0.05, 0) is 43.9 Å². The van der Waals surface area contributed by atoms with Gasteiger partial charge in [0.05, 0.1) is 6.04 Å². The van der Waals surface area contributed by atoms with Gasteiger partial charge in [-0.2, -0.15) is 0 Å². The van der Waals surface area contributed by atoms with Crippen molar-refractivity contribution in [1.82, 2.24) is 0 Å². The maximum absolute atomic E-state index is 12.3. The van der Waals surface area contributed by atoms with Gasteiger partial charge in [0, 0.05) is 5.69 Å². The van der Waals surface area contributed by atoms with Crippen molar-refractivity contribution in [1.29, 1.82) is 0 Å². The third-order valence-electron chi connectivity index (χ3n) is 3.56. The highest BCUT2D eigenvalue weighted by molar-refractivity contribution is 5.96. The van der Waals surface area contributed by atoms with E-state index in [0.717, 1.165) is 22.4 Å². The molecule has 0 bridgehead atoms. The van der Waals surface area contributed by atoms with Gasteiger partial charge in [0.15, 0.2) is 0 Å². The van der Waals surface area contributed by atoms with Crippen LogP contribution in [0.15, 0.2) is 42.5 Å². The topological polar surface area (TPSA) is 55.1 Å². The minimum atomic E-state index is -0.549. The molecule has 0 heterocycles. The Morgan fingerprint density at radius 3 is 2.24 bits per heavy atom. The Morgan fingerprint density at radius 2 is 1.67 bits per heavy atom. The third kappa shape index (κ3) is 3.92. The van der Waals surface area contributed by atoms with Gasteiger partial charge in [-0.15, -0.1) is 0 Å². The summed E-state index contributed by atoms with van der Waals surface area (Å²) in [5.41, 5.74) is 11.3. The van der Waals surface area contributed by atoms with Crippen molar-refractivity contribution >= 4 is 11.6 Å². The highest BCUT2D eigenvalue weighted by atomic mass is 16.2. The number of hydrogen-bond acceptors (Lipinski definition) is 2. The third-order valence-corrected chi connectivity index (χ3v) is 3.56. The Balaban J connectivity index is 2.08. The van der Waals surface area contributed by atoms with E-state index in [-0.39, 0.29) is 5.91 Å². The predicted molar refractivity (Wildman–Crippen MR) is 87.4 cm³/mol. The molecule has 0 aromatic heterocycles. The fraction of sp³-hybridized carbons (Fsp3) is 0.278. The van der Waals surface area contributed by atoms with Gasteiger partial charge in [-0.3, -0.25) is 4.79 Å². The number of aryl methyl sites for hydroxylation is 3. The standard InChI is InChI=1S/C18H22N2O/c1-12-9-13(2)17(14(3)10-12)20-18(21)16(19)11-15-7-5-4-6-8-15/h4-10,16H,11,19H2,1-3H3,(H,20,21)/t16-/m0/s1. The second kappa shape index (κ2) is 6.55. The van der Waals surface area contributed by atoms with Crippen LogP contribution in [0.25, 0.3) is 0 Å². The Labute approximate surface area is 126 Å². The zero-order valence-corrected chi connectivity index (χ0v) is 12.8. The number of hydrogen-bond donors (Lipinski definition) is 2. The fourth-order valence-electron chi connectivity index (χ4n) is 2.55. The average molecular weight is 282 g/mol. The van der Waals surface area contributed by atoms with Crippen molar-refractivity contribution in [3.05, 3.63) is 64.7 Å². The summed E-state index contributed by atoms with van der Waals surface area (Å²) in [5, 5.41) is 2.96. The first-order chi connectivity index (χ1) is 9.97. The molecule has 0 aliphatic heterocycles. The van der Waals surface area contributed by atoms with Crippen LogP contribution >= 0.6 is 0 Å². The first kappa shape index (κ1) is 15.3. The van der Waals surface area contributed by atoms with Crippen LogP contribution in [0.1, 0.15) is 22.3 Å². The first-order valence-electron chi connectivity index (χ1n) is 7.15. The Morgan fingerprint density at radius 1 is 1.10 bits per heavy atom. The summed E-state index contributed by atoms with van der Waals surface area (Å²) in [4.78, 5) is 12.3. The summed E-state index contributed by atoms with van der Waals surface area (Å²) in [7, 11) is 0.